The molecule has 0 saturated carbocycles. The summed E-state index contributed by atoms with van der Waals surface area (Å²) in [5, 5.41) is 0. The van der Waals surface area contributed by atoms with Crippen LogP contribution in [0.1, 0.15) is 22.3 Å². The zero-order valence-electron chi connectivity index (χ0n) is 14.0. The molecule has 144 valence electrons. The molecule has 0 fully saturated rings. The van der Waals surface area contributed by atoms with Crippen molar-refractivity contribution in [3.63, 3.8) is 0 Å². The Hall–Kier alpha value is -2.54. The summed E-state index contributed by atoms with van der Waals surface area (Å²) in [5.74, 6) is 0. The van der Waals surface area contributed by atoms with Gasteiger partial charge < -0.3 is 4.74 Å². The summed E-state index contributed by atoms with van der Waals surface area (Å²) in [4.78, 5) is 0. The highest BCUT2D eigenvalue weighted by atomic mass is 19.4. The van der Waals surface area contributed by atoms with Crippen molar-refractivity contribution in [1.82, 2.24) is 0 Å². The van der Waals surface area contributed by atoms with Gasteiger partial charge in [0.15, 0.2) is 0 Å². The Bertz CT molecular complexity index is 701. The maximum Gasteiger partial charge on any atom is 0.416 e. The van der Waals surface area contributed by atoms with E-state index in [-0.39, 0.29) is 13.2 Å². The summed E-state index contributed by atoms with van der Waals surface area (Å²) in [7, 11) is 0. The van der Waals surface area contributed by atoms with Crippen molar-refractivity contribution in [2.45, 2.75) is 12.4 Å². The van der Waals surface area contributed by atoms with Crippen molar-refractivity contribution in [2.75, 3.05) is 13.2 Å². The van der Waals surface area contributed by atoms with Crippen LogP contribution < -0.4 is 0 Å². The van der Waals surface area contributed by atoms with Gasteiger partial charge in [-0.25, -0.2) is 0 Å². The summed E-state index contributed by atoms with van der Waals surface area (Å²) < 4.78 is 80.0. The van der Waals surface area contributed by atoms with Gasteiger partial charge in [-0.05, 0) is 35.4 Å². The lowest BCUT2D eigenvalue weighted by molar-refractivity contribution is -0.138. The van der Waals surface area contributed by atoms with Crippen LogP contribution in [0.15, 0.2) is 60.7 Å². The Morgan fingerprint density at radius 3 is 1.22 bits per heavy atom. The lowest BCUT2D eigenvalue weighted by atomic mass is 10.1. The van der Waals surface area contributed by atoms with Crippen molar-refractivity contribution in [1.29, 1.82) is 0 Å². The van der Waals surface area contributed by atoms with Crippen LogP contribution in [-0.2, 0) is 17.1 Å². The molecule has 0 atom stereocenters. The van der Waals surface area contributed by atoms with Crippen LogP contribution in [0.4, 0.5) is 26.3 Å². The van der Waals surface area contributed by atoms with Gasteiger partial charge in [-0.1, -0.05) is 48.6 Å². The standard InChI is InChI=1S/C20H16F6O/c21-19(22,23)17-9-5-15(6-10-17)3-1-13-27-14-2-4-16-7-11-18(12-8-16)20(24,25)26/h1-12H,13-14H2/b3-1+,4-2+. The molecule has 0 heterocycles. The highest BCUT2D eigenvalue weighted by Crippen LogP contribution is 2.30. The Morgan fingerprint density at radius 1 is 0.593 bits per heavy atom. The van der Waals surface area contributed by atoms with Gasteiger partial charge in [0.1, 0.15) is 0 Å². The van der Waals surface area contributed by atoms with Gasteiger partial charge in [-0.3, -0.25) is 0 Å². The molecule has 2 aromatic carbocycles. The first kappa shape index (κ1) is 20.8. The van der Waals surface area contributed by atoms with Crippen LogP contribution in [0.3, 0.4) is 0 Å². The van der Waals surface area contributed by atoms with E-state index < -0.39 is 23.5 Å². The number of ether oxygens (including phenoxy) is 1. The molecule has 0 saturated heterocycles. The van der Waals surface area contributed by atoms with Gasteiger partial charge in [0, 0.05) is 0 Å². The zero-order chi connectivity index (χ0) is 19.9. The molecule has 0 spiro atoms. The fraction of sp³-hybridized carbons (Fsp3) is 0.200. The molecular weight excluding hydrogens is 370 g/mol. The molecule has 0 N–H and O–H groups in total. The first-order valence-corrected chi connectivity index (χ1v) is 7.91. The molecule has 0 amide bonds. The fourth-order valence-electron chi connectivity index (χ4n) is 2.14. The number of halogens is 6. The van der Waals surface area contributed by atoms with Crippen LogP contribution in [0.25, 0.3) is 12.2 Å². The van der Waals surface area contributed by atoms with Crippen LogP contribution in [0, 0.1) is 0 Å². The van der Waals surface area contributed by atoms with Crippen molar-refractivity contribution in [3.05, 3.63) is 82.9 Å². The Labute approximate surface area is 152 Å². The SMILES string of the molecule is FC(F)(F)c1ccc(/C=C/COC/C=C/c2ccc(C(F)(F)F)cc2)cc1. The van der Waals surface area contributed by atoms with E-state index in [9.17, 15) is 26.3 Å². The Morgan fingerprint density at radius 2 is 0.926 bits per heavy atom. The van der Waals surface area contributed by atoms with Crippen LogP contribution in [0.5, 0.6) is 0 Å². The Kier molecular flexibility index (Phi) is 6.85. The van der Waals surface area contributed by atoms with Crippen LogP contribution in [0.2, 0.25) is 0 Å². The first-order chi connectivity index (χ1) is 12.7. The second-order valence-corrected chi connectivity index (χ2v) is 5.58. The third kappa shape index (κ3) is 6.94. The van der Waals surface area contributed by atoms with Gasteiger partial charge in [0.25, 0.3) is 0 Å². The van der Waals surface area contributed by atoms with Gasteiger partial charge in [-0.2, -0.15) is 26.3 Å². The van der Waals surface area contributed by atoms with E-state index in [1.165, 1.54) is 24.3 Å². The molecule has 0 aliphatic rings. The monoisotopic (exact) mass is 386 g/mol. The minimum Gasteiger partial charge on any atom is -0.373 e. The van der Waals surface area contributed by atoms with E-state index >= 15 is 0 Å². The van der Waals surface area contributed by atoms with Crippen molar-refractivity contribution < 1.29 is 31.1 Å². The van der Waals surface area contributed by atoms with E-state index in [1.54, 1.807) is 24.3 Å². The van der Waals surface area contributed by atoms with E-state index in [0.717, 1.165) is 24.3 Å². The molecular formula is C20H16F6O. The number of rotatable bonds is 6. The number of alkyl halides is 6. The second kappa shape index (κ2) is 8.90. The van der Waals surface area contributed by atoms with Crippen molar-refractivity contribution in [2.24, 2.45) is 0 Å². The van der Waals surface area contributed by atoms with Crippen molar-refractivity contribution in [3.8, 4) is 0 Å². The summed E-state index contributed by atoms with van der Waals surface area (Å²) in [6.07, 6.45) is -2.11. The molecule has 27 heavy (non-hydrogen) atoms. The molecule has 2 aromatic rings. The highest BCUT2D eigenvalue weighted by molar-refractivity contribution is 5.50. The van der Waals surface area contributed by atoms with Gasteiger partial charge >= 0.3 is 12.4 Å². The summed E-state index contributed by atoms with van der Waals surface area (Å²) in [6.45, 7) is 0.497. The third-order valence-corrected chi connectivity index (χ3v) is 3.52. The molecule has 0 aromatic heterocycles. The molecule has 2 rings (SSSR count). The van der Waals surface area contributed by atoms with E-state index in [0.29, 0.717) is 11.1 Å². The maximum atomic E-state index is 12.4. The average Bonchev–Trinajstić information content (AvgIpc) is 2.60. The molecule has 0 unspecified atom stereocenters. The molecule has 0 radical (unpaired) electrons. The summed E-state index contributed by atoms with van der Waals surface area (Å²) in [6, 6.07) is 9.49. The maximum absolute atomic E-state index is 12.4. The molecule has 0 bridgehead atoms. The smallest absolute Gasteiger partial charge is 0.373 e. The first-order valence-electron chi connectivity index (χ1n) is 7.91. The van der Waals surface area contributed by atoms with E-state index in [1.807, 2.05) is 0 Å². The molecule has 0 aliphatic carbocycles. The van der Waals surface area contributed by atoms with Crippen LogP contribution >= 0.6 is 0 Å². The topological polar surface area (TPSA) is 9.23 Å². The molecule has 1 nitrogen and oxygen atoms in total. The normalized spacial score (nSPS) is 13.0. The second-order valence-electron chi connectivity index (χ2n) is 5.58. The van der Waals surface area contributed by atoms with E-state index in [4.69, 9.17) is 4.74 Å². The van der Waals surface area contributed by atoms with Gasteiger partial charge in [0.2, 0.25) is 0 Å². The largest absolute Gasteiger partial charge is 0.416 e. The highest BCUT2D eigenvalue weighted by Gasteiger charge is 2.30. The quantitative estimate of drug-likeness (QED) is 0.409. The summed E-state index contributed by atoms with van der Waals surface area (Å²) in [5.41, 5.74) is -0.174. The summed E-state index contributed by atoms with van der Waals surface area (Å²) >= 11 is 0. The Balaban J connectivity index is 1.73. The number of hydrogen-bond donors (Lipinski definition) is 0. The minimum atomic E-state index is -4.36. The predicted octanol–water partition coefficient (Wildman–Crippen LogP) is 6.47. The zero-order valence-corrected chi connectivity index (χ0v) is 14.0. The van der Waals surface area contributed by atoms with Gasteiger partial charge in [-0.15, -0.1) is 0 Å². The number of benzene rings is 2. The predicted molar refractivity (Wildman–Crippen MR) is 91.8 cm³/mol. The van der Waals surface area contributed by atoms with Crippen LogP contribution in [-0.4, -0.2) is 13.2 Å². The fourth-order valence-corrected chi connectivity index (χ4v) is 2.14. The molecule has 7 heteroatoms. The third-order valence-electron chi connectivity index (χ3n) is 3.52. The lowest BCUT2D eigenvalue weighted by Crippen LogP contribution is -2.04. The van der Waals surface area contributed by atoms with Crippen molar-refractivity contribution >= 4 is 12.2 Å². The van der Waals surface area contributed by atoms with E-state index in [2.05, 4.69) is 0 Å². The lowest BCUT2D eigenvalue weighted by Gasteiger charge is -2.06. The number of hydrogen-bond acceptors (Lipinski definition) is 1. The molecule has 0 aliphatic heterocycles. The average molecular weight is 386 g/mol. The van der Waals surface area contributed by atoms with Gasteiger partial charge in [0.05, 0.1) is 24.3 Å². The minimum absolute atomic E-state index is 0.248.